The Morgan fingerprint density at radius 2 is 1.82 bits per heavy atom. The van der Waals surface area contributed by atoms with Crippen LogP contribution in [0, 0.1) is 14.4 Å². The molecule has 0 amide bonds. The highest BCUT2D eigenvalue weighted by atomic mass is 127. The van der Waals surface area contributed by atoms with E-state index >= 15 is 0 Å². The molecule has 0 bridgehead atoms. The number of ether oxygens (including phenoxy) is 1. The van der Waals surface area contributed by atoms with Gasteiger partial charge >= 0.3 is 0 Å². The summed E-state index contributed by atoms with van der Waals surface area (Å²) in [6.45, 7) is 11.2. The predicted octanol–water partition coefficient (Wildman–Crippen LogP) is 5.11. The number of Topliss-reactive ketones (excluding diaryl/α,β-unsaturated/α-hetero) is 2. The van der Waals surface area contributed by atoms with Crippen LogP contribution in [0.2, 0.25) is 0 Å². The third-order valence-electron chi connectivity index (χ3n) is 6.86. The van der Waals surface area contributed by atoms with Gasteiger partial charge in [-0.2, -0.15) is 0 Å². The summed E-state index contributed by atoms with van der Waals surface area (Å²) in [5.74, 6) is 0.0617. The van der Waals surface area contributed by atoms with Crippen LogP contribution in [0.1, 0.15) is 45.6 Å². The molecular weight excluding hydrogens is 467 g/mol. The molecule has 2 aliphatic carbocycles. The lowest BCUT2D eigenvalue weighted by atomic mass is 9.45. The maximum Gasteiger partial charge on any atom is 0.171 e. The third kappa shape index (κ3) is 2.55. The van der Waals surface area contributed by atoms with Crippen LogP contribution in [0.25, 0.3) is 0 Å². The van der Waals surface area contributed by atoms with Gasteiger partial charge in [0.15, 0.2) is 23.1 Å². The number of rotatable bonds is 3. The summed E-state index contributed by atoms with van der Waals surface area (Å²) in [6, 6.07) is 3.62. The number of phenols is 1. The van der Waals surface area contributed by atoms with Gasteiger partial charge in [0, 0.05) is 11.3 Å². The zero-order chi connectivity index (χ0) is 21.0. The van der Waals surface area contributed by atoms with Gasteiger partial charge in [0.05, 0.1) is 16.1 Å². The Bertz CT molecular complexity index is 971. The van der Waals surface area contributed by atoms with Crippen molar-refractivity contribution in [3.05, 3.63) is 56.7 Å². The number of benzene rings is 1. The lowest BCUT2D eigenvalue weighted by molar-refractivity contribution is -0.147. The van der Waals surface area contributed by atoms with Crippen molar-refractivity contribution in [1.82, 2.24) is 0 Å². The molecule has 3 rings (SSSR count). The van der Waals surface area contributed by atoms with E-state index < -0.39 is 10.8 Å². The molecule has 1 N–H and O–H groups in total. The van der Waals surface area contributed by atoms with Crippen molar-refractivity contribution in [2.24, 2.45) is 10.8 Å². The number of halogens is 1. The topological polar surface area (TPSA) is 63.6 Å². The van der Waals surface area contributed by atoms with Crippen LogP contribution < -0.4 is 4.74 Å². The van der Waals surface area contributed by atoms with Crippen LogP contribution in [0.3, 0.4) is 0 Å². The molecule has 1 aromatic rings. The third-order valence-corrected chi connectivity index (χ3v) is 7.68. The molecule has 3 atom stereocenters. The van der Waals surface area contributed by atoms with Gasteiger partial charge in [-0.15, -0.1) is 0 Å². The van der Waals surface area contributed by atoms with Crippen LogP contribution >= 0.6 is 22.6 Å². The summed E-state index contributed by atoms with van der Waals surface area (Å²) in [5, 5.41) is 10.3. The highest BCUT2D eigenvalue weighted by Crippen LogP contribution is 2.62. The number of ketones is 2. The highest BCUT2D eigenvalue weighted by Gasteiger charge is 2.63. The SMILES string of the molecule is C=CC1=CCC2(C)C(=O)C(C)=C(C)C(=O)C2(C)C1c1cc(I)c(O)c(OC)c1. The largest absolute Gasteiger partial charge is 0.504 e. The number of allylic oxidation sites excluding steroid dienone is 5. The lowest BCUT2D eigenvalue weighted by Crippen LogP contribution is -2.57. The summed E-state index contributed by atoms with van der Waals surface area (Å²) < 4.78 is 5.97. The summed E-state index contributed by atoms with van der Waals surface area (Å²) >= 11 is 2.05. The monoisotopic (exact) mass is 492 g/mol. The fraction of sp³-hybridized carbons (Fsp3) is 0.391. The van der Waals surface area contributed by atoms with Gasteiger partial charge in [0.1, 0.15) is 0 Å². The van der Waals surface area contributed by atoms with E-state index in [0.29, 0.717) is 26.9 Å². The van der Waals surface area contributed by atoms with E-state index in [1.165, 1.54) is 7.11 Å². The van der Waals surface area contributed by atoms with Gasteiger partial charge in [-0.25, -0.2) is 0 Å². The lowest BCUT2D eigenvalue weighted by Gasteiger charge is -2.54. The molecule has 0 heterocycles. The Kier molecular flexibility index (Phi) is 5.11. The fourth-order valence-electron chi connectivity index (χ4n) is 4.80. The Morgan fingerprint density at radius 1 is 1.21 bits per heavy atom. The second kappa shape index (κ2) is 6.87. The van der Waals surface area contributed by atoms with E-state index in [1.807, 2.05) is 26.0 Å². The van der Waals surface area contributed by atoms with Gasteiger partial charge < -0.3 is 9.84 Å². The number of phenolic OH excluding ortho intramolecular Hbond substituents is 1. The average Bonchev–Trinajstić information content (AvgIpc) is 2.68. The molecule has 4 nitrogen and oxygen atoms in total. The van der Waals surface area contributed by atoms with Crippen molar-refractivity contribution < 1.29 is 19.4 Å². The summed E-state index contributed by atoms with van der Waals surface area (Å²) in [6.07, 6.45) is 4.27. The standard InChI is InChI=1S/C23H25IO4/c1-7-14-8-9-22(4)20(26)12(2)13(3)21(27)23(22,5)18(14)15-10-16(24)19(25)17(11-15)28-6/h7-8,10-11,18,25H,1,9H2,2-6H3. The van der Waals surface area contributed by atoms with E-state index in [9.17, 15) is 14.7 Å². The van der Waals surface area contributed by atoms with Crippen molar-refractivity contribution in [2.75, 3.05) is 7.11 Å². The number of methoxy groups -OCH3 is 1. The predicted molar refractivity (Wildman–Crippen MR) is 118 cm³/mol. The molecule has 3 unspecified atom stereocenters. The van der Waals surface area contributed by atoms with Gasteiger partial charge in [-0.3, -0.25) is 9.59 Å². The van der Waals surface area contributed by atoms with Crippen LogP contribution in [0.4, 0.5) is 0 Å². The molecule has 0 saturated carbocycles. The molecule has 0 aliphatic heterocycles. The molecule has 1 aromatic carbocycles. The molecule has 0 radical (unpaired) electrons. The van der Waals surface area contributed by atoms with Crippen LogP contribution in [-0.2, 0) is 9.59 Å². The molecule has 0 fully saturated rings. The first kappa shape index (κ1) is 20.8. The molecule has 2 aliphatic rings. The number of carbonyl (C=O) groups is 2. The number of hydrogen-bond acceptors (Lipinski definition) is 4. The Hall–Kier alpha value is -1.89. The van der Waals surface area contributed by atoms with Crippen molar-refractivity contribution >= 4 is 34.2 Å². The highest BCUT2D eigenvalue weighted by molar-refractivity contribution is 14.1. The molecule has 148 valence electrons. The van der Waals surface area contributed by atoms with Crippen LogP contribution in [0.5, 0.6) is 11.5 Å². The zero-order valence-corrected chi connectivity index (χ0v) is 19.0. The Morgan fingerprint density at radius 3 is 2.39 bits per heavy atom. The van der Waals surface area contributed by atoms with Crippen molar-refractivity contribution in [3.8, 4) is 11.5 Å². The van der Waals surface area contributed by atoms with Gasteiger partial charge in [-0.05, 0) is 77.3 Å². The van der Waals surface area contributed by atoms with Gasteiger partial charge in [0.2, 0.25) is 0 Å². The molecule has 0 spiro atoms. The van der Waals surface area contributed by atoms with E-state index in [-0.39, 0.29) is 23.2 Å². The van der Waals surface area contributed by atoms with E-state index in [1.54, 1.807) is 26.0 Å². The zero-order valence-electron chi connectivity index (χ0n) is 16.9. The van der Waals surface area contributed by atoms with Gasteiger partial charge in [0.25, 0.3) is 0 Å². The summed E-state index contributed by atoms with van der Waals surface area (Å²) in [4.78, 5) is 27.0. The first-order chi connectivity index (χ1) is 13.0. The minimum atomic E-state index is -0.961. The summed E-state index contributed by atoms with van der Waals surface area (Å²) in [7, 11) is 1.50. The van der Waals surface area contributed by atoms with Crippen molar-refractivity contribution in [1.29, 1.82) is 0 Å². The fourth-order valence-corrected chi connectivity index (χ4v) is 5.43. The Balaban J connectivity index is 2.36. The molecule has 28 heavy (non-hydrogen) atoms. The number of hydrogen-bond donors (Lipinski definition) is 1. The molecule has 0 saturated heterocycles. The van der Waals surface area contributed by atoms with E-state index in [4.69, 9.17) is 4.74 Å². The van der Waals surface area contributed by atoms with Gasteiger partial charge in [-0.1, -0.05) is 32.6 Å². The number of aromatic hydroxyl groups is 1. The van der Waals surface area contributed by atoms with Crippen LogP contribution in [0.15, 0.2) is 47.6 Å². The van der Waals surface area contributed by atoms with E-state index in [0.717, 1.165) is 11.1 Å². The second-order valence-corrected chi connectivity index (χ2v) is 9.20. The maximum absolute atomic E-state index is 13.6. The first-order valence-corrected chi connectivity index (χ1v) is 10.3. The normalized spacial score (nSPS) is 30.1. The number of carbonyl (C=O) groups excluding carboxylic acids is 2. The van der Waals surface area contributed by atoms with Crippen molar-refractivity contribution in [3.63, 3.8) is 0 Å². The van der Waals surface area contributed by atoms with Crippen molar-refractivity contribution in [2.45, 2.75) is 40.0 Å². The smallest absolute Gasteiger partial charge is 0.171 e. The minimum Gasteiger partial charge on any atom is -0.504 e. The maximum atomic E-state index is 13.6. The summed E-state index contributed by atoms with van der Waals surface area (Å²) in [5.41, 5.74) is 1.01. The quantitative estimate of drug-likeness (QED) is 0.597. The molecular formula is C23H25IO4. The molecule has 5 heteroatoms. The second-order valence-electron chi connectivity index (χ2n) is 8.04. The Labute approximate surface area is 179 Å². The number of fused-ring (bicyclic) bond motifs is 1. The average molecular weight is 492 g/mol. The van der Waals surface area contributed by atoms with Crippen LogP contribution in [-0.4, -0.2) is 23.8 Å². The van der Waals surface area contributed by atoms with E-state index in [2.05, 4.69) is 29.2 Å². The first-order valence-electron chi connectivity index (χ1n) is 9.20. The minimum absolute atomic E-state index is 0.00778. The molecule has 0 aromatic heterocycles.